The Morgan fingerprint density at radius 2 is 1.59 bits per heavy atom. The number of hydrogen-bond acceptors (Lipinski definition) is 4. The number of ether oxygens (including phenoxy) is 1. The molecule has 0 aliphatic rings. The molecule has 0 atom stereocenters. The Morgan fingerprint density at radius 1 is 0.912 bits per heavy atom. The summed E-state index contributed by atoms with van der Waals surface area (Å²) in [6.45, 7) is 3.17. The van der Waals surface area contributed by atoms with E-state index in [9.17, 15) is 9.59 Å². The number of carbonyl (C=O) groups is 2. The summed E-state index contributed by atoms with van der Waals surface area (Å²) < 4.78 is 5.55. The normalized spacial score (nSPS) is 10.3. The van der Waals surface area contributed by atoms with Crippen LogP contribution in [0.5, 0.6) is 5.75 Å². The molecule has 0 bridgehead atoms. The molecule has 34 heavy (non-hydrogen) atoms. The molecule has 0 heterocycles. The van der Waals surface area contributed by atoms with Crippen LogP contribution in [0.25, 0.3) is 0 Å². The fourth-order valence-corrected chi connectivity index (χ4v) is 3.49. The summed E-state index contributed by atoms with van der Waals surface area (Å²) in [7, 11) is 1.72. The van der Waals surface area contributed by atoms with Gasteiger partial charge in [-0.25, -0.2) is 0 Å². The molecule has 2 amide bonds. The lowest BCUT2D eigenvalue weighted by atomic mass is 10.1. The van der Waals surface area contributed by atoms with E-state index < -0.39 is 0 Å². The highest BCUT2D eigenvalue weighted by Crippen LogP contribution is 2.20. The van der Waals surface area contributed by atoms with Crippen LogP contribution in [0.4, 0.5) is 5.69 Å². The van der Waals surface area contributed by atoms with Crippen LogP contribution in [0, 0.1) is 0 Å². The fraction of sp³-hybridized carbons (Fsp3) is 0.222. The minimum absolute atomic E-state index is 0.195. The molecule has 0 fully saturated rings. The second-order valence-electron chi connectivity index (χ2n) is 7.70. The molecule has 0 aliphatic carbocycles. The van der Waals surface area contributed by atoms with Crippen molar-refractivity contribution in [3.63, 3.8) is 0 Å². The Balaban J connectivity index is 1.61. The third-order valence-corrected chi connectivity index (χ3v) is 5.54. The van der Waals surface area contributed by atoms with Crippen molar-refractivity contribution in [2.24, 2.45) is 0 Å². The van der Waals surface area contributed by atoms with E-state index in [0.717, 1.165) is 18.4 Å². The number of rotatable bonds is 9. The molecule has 2 N–H and O–H groups in total. The van der Waals surface area contributed by atoms with Crippen molar-refractivity contribution < 1.29 is 14.3 Å². The summed E-state index contributed by atoms with van der Waals surface area (Å²) in [5, 5.41) is 5.89. The summed E-state index contributed by atoms with van der Waals surface area (Å²) in [5.41, 5.74) is 2.70. The number of thiocarbonyl (C=S) groups is 1. The highest BCUT2D eigenvalue weighted by atomic mass is 32.1. The maximum Gasteiger partial charge on any atom is 0.257 e. The van der Waals surface area contributed by atoms with E-state index >= 15 is 0 Å². The average molecular weight is 476 g/mol. The molecule has 0 radical (unpaired) electrons. The van der Waals surface area contributed by atoms with E-state index in [1.54, 1.807) is 54.4 Å². The van der Waals surface area contributed by atoms with E-state index in [4.69, 9.17) is 17.0 Å². The number of nitrogens with zero attached hydrogens (tertiary/aromatic N) is 1. The Labute approximate surface area is 205 Å². The van der Waals surface area contributed by atoms with Crippen LogP contribution in [0.3, 0.4) is 0 Å². The van der Waals surface area contributed by atoms with Gasteiger partial charge in [0.15, 0.2) is 5.11 Å². The molecule has 176 valence electrons. The number of carbonyl (C=O) groups excluding carboxylic acids is 2. The van der Waals surface area contributed by atoms with Crippen molar-refractivity contribution in [3.05, 3.63) is 95.6 Å². The van der Waals surface area contributed by atoms with Crippen molar-refractivity contribution in [1.29, 1.82) is 0 Å². The number of hydrogen-bond donors (Lipinski definition) is 2. The number of anilines is 1. The lowest BCUT2D eigenvalue weighted by molar-refractivity contribution is 0.0952. The lowest BCUT2D eigenvalue weighted by Gasteiger charge is -2.23. The largest absolute Gasteiger partial charge is 0.494 e. The Hall–Kier alpha value is -3.71. The molecule has 7 heteroatoms. The van der Waals surface area contributed by atoms with Crippen LogP contribution in [0.2, 0.25) is 0 Å². The molecule has 0 unspecified atom stereocenters. The summed E-state index contributed by atoms with van der Waals surface area (Å²) in [5.74, 6) is 0.184. The van der Waals surface area contributed by atoms with Crippen molar-refractivity contribution >= 4 is 34.8 Å². The average Bonchev–Trinajstić information content (AvgIpc) is 2.87. The second kappa shape index (κ2) is 12.5. The quantitative estimate of drug-likeness (QED) is 0.443. The third-order valence-electron chi connectivity index (χ3n) is 5.17. The number of amides is 2. The summed E-state index contributed by atoms with van der Waals surface area (Å²) in [6.07, 6.45) is 1.65. The molecule has 0 aliphatic heterocycles. The standard InChI is InChI=1S/C27H29N3O3S/c1-3-19-33-22-15-13-21(14-16-22)25(31)29-27(34)30(2)24-12-8-7-11-23(24)26(32)28-18-17-20-9-5-4-6-10-20/h4-16H,3,17-19H2,1-2H3,(H,28,32)(H,29,31,34). The SMILES string of the molecule is CCCOc1ccc(C(=O)NC(=S)N(C)c2ccccc2C(=O)NCCc2ccccc2)cc1. The summed E-state index contributed by atoms with van der Waals surface area (Å²) >= 11 is 5.45. The maximum absolute atomic E-state index is 12.9. The van der Waals surface area contributed by atoms with Gasteiger partial charge in [-0.2, -0.15) is 0 Å². The van der Waals surface area contributed by atoms with Gasteiger partial charge in [0.2, 0.25) is 0 Å². The predicted octanol–water partition coefficient (Wildman–Crippen LogP) is 4.60. The van der Waals surface area contributed by atoms with Crippen molar-refractivity contribution in [2.75, 3.05) is 25.1 Å². The van der Waals surface area contributed by atoms with Crippen LogP contribution in [-0.4, -0.2) is 37.1 Å². The first-order valence-electron chi connectivity index (χ1n) is 11.2. The van der Waals surface area contributed by atoms with E-state index in [1.165, 1.54) is 0 Å². The third kappa shape index (κ3) is 6.89. The molecular weight excluding hydrogens is 446 g/mol. The zero-order valence-electron chi connectivity index (χ0n) is 19.4. The topological polar surface area (TPSA) is 70.7 Å². The predicted molar refractivity (Wildman–Crippen MR) is 140 cm³/mol. The van der Waals surface area contributed by atoms with Gasteiger partial charge >= 0.3 is 0 Å². The van der Waals surface area contributed by atoms with E-state index in [1.807, 2.05) is 43.3 Å². The lowest BCUT2D eigenvalue weighted by Crippen LogP contribution is -2.41. The molecule has 3 aromatic rings. The Bertz CT molecular complexity index is 1120. The second-order valence-corrected chi connectivity index (χ2v) is 8.09. The van der Waals surface area contributed by atoms with E-state index in [2.05, 4.69) is 10.6 Å². The van der Waals surface area contributed by atoms with Gasteiger partial charge in [-0.05, 0) is 67.0 Å². The summed E-state index contributed by atoms with van der Waals surface area (Å²) in [6, 6.07) is 24.0. The van der Waals surface area contributed by atoms with Gasteiger partial charge in [-0.1, -0.05) is 49.4 Å². The first-order chi connectivity index (χ1) is 16.5. The van der Waals surface area contributed by atoms with Crippen LogP contribution in [0.1, 0.15) is 39.6 Å². The van der Waals surface area contributed by atoms with Crippen molar-refractivity contribution in [1.82, 2.24) is 10.6 Å². The monoisotopic (exact) mass is 475 g/mol. The molecule has 6 nitrogen and oxygen atoms in total. The van der Waals surface area contributed by atoms with Crippen molar-refractivity contribution in [3.8, 4) is 5.75 Å². The first-order valence-corrected chi connectivity index (χ1v) is 11.6. The molecule has 0 spiro atoms. The molecule has 3 aromatic carbocycles. The highest BCUT2D eigenvalue weighted by Gasteiger charge is 2.18. The van der Waals surface area contributed by atoms with Gasteiger partial charge < -0.3 is 15.0 Å². The Kier molecular flexibility index (Phi) is 9.17. The van der Waals surface area contributed by atoms with Crippen LogP contribution >= 0.6 is 12.2 Å². The molecule has 0 aromatic heterocycles. The highest BCUT2D eigenvalue weighted by molar-refractivity contribution is 7.80. The first kappa shape index (κ1) is 24.9. The van der Waals surface area contributed by atoms with Gasteiger partial charge in [0, 0.05) is 19.2 Å². The maximum atomic E-state index is 12.9. The number of benzene rings is 3. The van der Waals surface area contributed by atoms with Gasteiger partial charge in [0.05, 0.1) is 17.9 Å². The van der Waals surface area contributed by atoms with E-state index in [-0.39, 0.29) is 16.9 Å². The zero-order chi connectivity index (χ0) is 24.3. The van der Waals surface area contributed by atoms with Crippen molar-refractivity contribution in [2.45, 2.75) is 19.8 Å². The van der Waals surface area contributed by atoms with Gasteiger partial charge in [0.25, 0.3) is 11.8 Å². The van der Waals surface area contributed by atoms with Crippen LogP contribution in [0.15, 0.2) is 78.9 Å². The molecule has 0 saturated heterocycles. The van der Waals surface area contributed by atoms with Crippen LogP contribution < -0.4 is 20.3 Å². The number of para-hydroxylation sites is 1. The van der Waals surface area contributed by atoms with E-state index in [0.29, 0.717) is 35.7 Å². The molecule has 0 saturated carbocycles. The van der Waals surface area contributed by atoms with Crippen LogP contribution in [-0.2, 0) is 6.42 Å². The minimum atomic E-state index is -0.330. The summed E-state index contributed by atoms with van der Waals surface area (Å²) in [4.78, 5) is 27.1. The Morgan fingerprint density at radius 3 is 2.29 bits per heavy atom. The fourth-order valence-electron chi connectivity index (χ4n) is 3.30. The minimum Gasteiger partial charge on any atom is -0.494 e. The molecule has 3 rings (SSSR count). The molecular formula is C27H29N3O3S. The zero-order valence-corrected chi connectivity index (χ0v) is 20.2. The number of nitrogens with one attached hydrogen (secondary N) is 2. The smallest absolute Gasteiger partial charge is 0.257 e. The van der Waals surface area contributed by atoms with Gasteiger partial charge in [-0.3, -0.25) is 14.9 Å². The van der Waals surface area contributed by atoms with Gasteiger partial charge in [0.1, 0.15) is 5.75 Å². The van der Waals surface area contributed by atoms with Gasteiger partial charge in [-0.15, -0.1) is 0 Å².